The first-order valence-electron chi connectivity index (χ1n) is 14.9. The standard InChI is InChI=1S/C30H53N3O5S2/c1-6-7-18-39-29-10-11-30(29)40-19-8-9-28(38)23-33(22-27(5)37)17-15-31(13-12-24(2)34)14-16-32(20-25(3)35)21-26(4)36/h29-30H,6-23H2,1-5H3. The van der Waals surface area contributed by atoms with Gasteiger partial charge in [-0.3, -0.25) is 33.8 Å². The summed E-state index contributed by atoms with van der Waals surface area (Å²) in [6, 6.07) is 0. The fourth-order valence-electron chi connectivity index (χ4n) is 4.62. The molecule has 40 heavy (non-hydrogen) atoms. The van der Waals surface area contributed by atoms with E-state index in [1.807, 2.05) is 21.6 Å². The summed E-state index contributed by atoms with van der Waals surface area (Å²) in [5.41, 5.74) is 0. The topological polar surface area (TPSA) is 95.1 Å². The van der Waals surface area contributed by atoms with Gasteiger partial charge in [-0.05, 0) is 64.9 Å². The lowest BCUT2D eigenvalue weighted by Gasteiger charge is -2.35. The van der Waals surface area contributed by atoms with Gasteiger partial charge in [-0.15, -0.1) is 0 Å². The Kier molecular flexibility index (Phi) is 20.0. The van der Waals surface area contributed by atoms with E-state index in [0.29, 0.717) is 45.6 Å². The van der Waals surface area contributed by atoms with Gasteiger partial charge in [0.15, 0.2) is 0 Å². The minimum Gasteiger partial charge on any atom is -0.300 e. The molecular weight excluding hydrogens is 546 g/mol. The Hall–Kier alpha value is -1.07. The van der Waals surface area contributed by atoms with Gasteiger partial charge in [-0.25, -0.2) is 0 Å². The number of carbonyl (C=O) groups is 5. The Morgan fingerprint density at radius 1 is 0.575 bits per heavy atom. The lowest BCUT2D eigenvalue weighted by Crippen LogP contribution is -2.44. The Labute approximate surface area is 251 Å². The number of hydrogen-bond donors (Lipinski definition) is 0. The first kappa shape index (κ1) is 37.0. The Bertz CT molecular complexity index is 794. The molecule has 0 aliphatic heterocycles. The van der Waals surface area contributed by atoms with Crippen LogP contribution in [0.5, 0.6) is 0 Å². The van der Waals surface area contributed by atoms with Gasteiger partial charge in [0.2, 0.25) is 0 Å². The number of nitrogens with zero attached hydrogens (tertiary/aromatic N) is 3. The third-order valence-electron chi connectivity index (χ3n) is 6.90. The van der Waals surface area contributed by atoms with Gasteiger partial charge in [0.1, 0.15) is 28.9 Å². The number of hydrogen-bond acceptors (Lipinski definition) is 10. The Balaban J connectivity index is 2.54. The molecule has 2 atom stereocenters. The van der Waals surface area contributed by atoms with Crippen LogP contribution in [0.15, 0.2) is 0 Å². The minimum absolute atomic E-state index is 0.000510. The van der Waals surface area contributed by atoms with Crippen molar-refractivity contribution in [2.45, 2.75) is 90.1 Å². The summed E-state index contributed by atoms with van der Waals surface area (Å²) in [4.78, 5) is 65.5. The highest BCUT2D eigenvalue weighted by molar-refractivity contribution is 8.03. The first-order valence-corrected chi connectivity index (χ1v) is 17.0. The summed E-state index contributed by atoms with van der Waals surface area (Å²) >= 11 is 4.13. The molecule has 1 fully saturated rings. The van der Waals surface area contributed by atoms with Gasteiger partial charge in [0.25, 0.3) is 0 Å². The average molecular weight is 600 g/mol. The summed E-state index contributed by atoms with van der Waals surface area (Å²) in [6.45, 7) is 12.1. The number of ketones is 5. The van der Waals surface area contributed by atoms with E-state index >= 15 is 0 Å². The number of unbranched alkanes of at least 4 members (excludes halogenated alkanes) is 1. The molecule has 230 valence electrons. The van der Waals surface area contributed by atoms with Gasteiger partial charge in [-0.2, -0.15) is 23.5 Å². The van der Waals surface area contributed by atoms with E-state index in [1.165, 1.54) is 52.2 Å². The van der Waals surface area contributed by atoms with Crippen LogP contribution in [-0.4, -0.2) is 125 Å². The van der Waals surface area contributed by atoms with Gasteiger partial charge < -0.3 is 4.90 Å². The van der Waals surface area contributed by atoms with Gasteiger partial charge in [0, 0.05) is 56.1 Å². The van der Waals surface area contributed by atoms with Crippen molar-refractivity contribution < 1.29 is 24.0 Å². The van der Waals surface area contributed by atoms with Crippen LogP contribution in [0.3, 0.4) is 0 Å². The van der Waals surface area contributed by atoms with Gasteiger partial charge in [-0.1, -0.05) is 13.3 Å². The van der Waals surface area contributed by atoms with Gasteiger partial charge in [0.05, 0.1) is 26.2 Å². The van der Waals surface area contributed by atoms with Crippen molar-refractivity contribution in [1.82, 2.24) is 14.7 Å². The van der Waals surface area contributed by atoms with Crippen LogP contribution in [0, 0.1) is 0 Å². The van der Waals surface area contributed by atoms with E-state index in [2.05, 4.69) is 23.6 Å². The number of thioether (sulfide) groups is 2. The molecule has 0 aromatic rings. The molecule has 1 rings (SSSR count). The molecule has 1 saturated carbocycles. The summed E-state index contributed by atoms with van der Waals surface area (Å²) in [7, 11) is 0. The largest absolute Gasteiger partial charge is 0.300 e. The highest BCUT2D eigenvalue weighted by Gasteiger charge is 2.31. The lowest BCUT2D eigenvalue weighted by atomic mass is 9.99. The summed E-state index contributed by atoms with van der Waals surface area (Å²) < 4.78 is 0. The Morgan fingerprint density at radius 3 is 1.45 bits per heavy atom. The molecule has 10 heteroatoms. The maximum atomic E-state index is 12.8. The number of rotatable bonds is 26. The molecule has 0 aromatic heterocycles. The van der Waals surface area contributed by atoms with Crippen molar-refractivity contribution >= 4 is 52.4 Å². The van der Waals surface area contributed by atoms with Gasteiger partial charge >= 0.3 is 0 Å². The monoisotopic (exact) mass is 599 g/mol. The predicted molar refractivity (Wildman–Crippen MR) is 168 cm³/mol. The summed E-state index contributed by atoms with van der Waals surface area (Å²) in [5, 5.41) is 1.51. The fraction of sp³-hybridized carbons (Fsp3) is 0.833. The normalized spacial score (nSPS) is 16.9. The molecular formula is C30H53N3O5S2. The van der Waals surface area contributed by atoms with Crippen molar-refractivity contribution in [3.8, 4) is 0 Å². The quantitative estimate of drug-likeness (QED) is 0.137. The zero-order chi connectivity index (χ0) is 29.9. The van der Waals surface area contributed by atoms with E-state index in [0.717, 1.165) is 22.7 Å². The van der Waals surface area contributed by atoms with Crippen LogP contribution >= 0.6 is 23.5 Å². The maximum Gasteiger partial charge on any atom is 0.146 e. The van der Waals surface area contributed by atoms with Crippen molar-refractivity contribution in [3.05, 3.63) is 0 Å². The van der Waals surface area contributed by atoms with E-state index < -0.39 is 0 Å². The average Bonchev–Trinajstić information content (AvgIpc) is 2.83. The molecule has 0 saturated heterocycles. The first-order chi connectivity index (χ1) is 19.0. The molecule has 8 nitrogen and oxygen atoms in total. The molecule has 0 radical (unpaired) electrons. The van der Waals surface area contributed by atoms with E-state index in [1.54, 1.807) is 6.92 Å². The van der Waals surface area contributed by atoms with E-state index in [4.69, 9.17) is 0 Å². The second-order valence-corrected chi connectivity index (χ2v) is 13.9. The van der Waals surface area contributed by atoms with Crippen molar-refractivity contribution in [2.24, 2.45) is 0 Å². The summed E-state index contributed by atoms with van der Waals surface area (Å²) in [6.07, 6.45) is 6.94. The maximum absolute atomic E-state index is 12.8. The zero-order valence-electron chi connectivity index (χ0n) is 25.6. The van der Waals surface area contributed by atoms with Crippen molar-refractivity contribution in [3.63, 3.8) is 0 Å². The number of Topliss-reactive ketones (excluding diaryl/α,β-unsaturated/α-hetero) is 5. The molecule has 0 bridgehead atoms. The lowest BCUT2D eigenvalue weighted by molar-refractivity contribution is -0.123. The smallest absolute Gasteiger partial charge is 0.146 e. The van der Waals surface area contributed by atoms with Crippen LogP contribution in [0.25, 0.3) is 0 Å². The van der Waals surface area contributed by atoms with Crippen LogP contribution in [0.2, 0.25) is 0 Å². The van der Waals surface area contributed by atoms with Crippen LogP contribution in [0.4, 0.5) is 0 Å². The van der Waals surface area contributed by atoms with E-state index in [-0.39, 0.29) is 55.1 Å². The van der Waals surface area contributed by atoms with Crippen LogP contribution < -0.4 is 0 Å². The van der Waals surface area contributed by atoms with Crippen LogP contribution in [0.1, 0.15) is 79.6 Å². The Morgan fingerprint density at radius 2 is 1.02 bits per heavy atom. The highest BCUT2D eigenvalue weighted by Crippen LogP contribution is 2.40. The highest BCUT2D eigenvalue weighted by atomic mass is 32.2. The number of carbonyl (C=O) groups excluding carboxylic acids is 5. The third-order valence-corrected chi connectivity index (χ3v) is 10.1. The molecule has 0 spiro atoms. The molecule has 0 amide bonds. The molecule has 1 aliphatic rings. The fourth-order valence-corrected chi connectivity index (χ4v) is 7.77. The van der Waals surface area contributed by atoms with Crippen molar-refractivity contribution in [1.29, 1.82) is 0 Å². The molecule has 1 aliphatic carbocycles. The second kappa shape index (κ2) is 21.6. The zero-order valence-corrected chi connectivity index (χ0v) is 27.2. The molecule has 0 heterocycles. The minimum atomic E-state index is -0.000510. The SMILES string of the molecule is CCCCSC1CCC1SCCCC(=O)CN(CCN(CCC(C)=O)CCN(CC(C)=O)CC(C)=O)CC(C)=O. The summed E-state index contributed by atoms with van der Waals surface area (Å²) in [5.74, 6) is 2.53. The third kappa shape index (κ3) is 18.4. The second-order valence-electron chi connectivity index (χ2n) is 11.2. The van der Waals surface area contributed by atoms with Crippen LogP contribution in [-0.2, 0) is 24.0 Å². The molecule has 2 unspecified atom stereocenters. The molecule has 0 aromatic carbocycles. The van der Waals surface area contributed by atoms with E-state index in [9.17, 15) is 24.0 Å². The predicted octanol–water partition coefficient (Wildman–Crippen LogP) is 3.79. The molecule has 0 N–H and O–H groups in total. The van der Waals surface area contributed by atoms with Crippen molar-refractivity contribution in [2.75, 3.05) is 70.4 Å².